The predicted octanol–water partition coefficient (Wildman–Crippen LogP) is 3.91. The van der Waals surface area contributed by atoms with Crippen molar-refractivity contribution in [1.82, 2.24) is 9.97 Å². The Labute approximate surface area is 139 Å². The first-order valence-electron chi connectivity index (χ1n) is 8.25. The van der Waals surface area contributed by atoms with E-state index >= 15 is 0 Å². The first-order chi connectivity index (χ1) is 11.1. The van der Waals surface area contributed by atoms with Gasteiger partial charge in [0.15, 0.2) is 0 Å². The van der Waals surface area contributed by atoms with Crippen molar-refractivity contribution >= 4 is 23.0 Å². The van der Waals surface area contributed by atoms with Gasteiger partial charge in [-0.1, -0.05) is 13.8 Å². The smallest absolute Gasteiger partial charge is 0.135 e. The van der Waals surface area contributed by atoms with E-state index in [-0.39, 0.29) is 0 Å². The maximum Gasteiger partial charge on any atom is 0.135 e. The molecule has 2 aromatic rings. The van der Waals surface area contributed by atoms with Crippen molar-refractivity contribution in [2.45, 2.75) is 26.7 Å². The number of hydrogen-bond acceptors (Lipinski definition) is 5. The summed E-state index contributed by atoms with van der Waals surface area (Å²) in [6, 6.07) is 10.3. The van der Waals surface area contributed by atoms with E-state index in [0.29, 0.717) is 0 Å². The molecule has 1 heterocycles. The normalized spacial score (nSPS) is 10.4. The first-order valence-corrected chi connectivity index (χ1v) is 8.25. The van der Waals surface area contributed by atoms with Crippen LogP contribution in [-0.4, -0.2) is 37.2 Å². The Bertz CT molecular complexity index is 589. The summed E-state index contributed by atoms with van der Waals surface area (Å²) in [4.78, 5) is 13.2. The first kappa shape index (κ1) is 17.1. The Balaban J connectivity index is 2.12. The fraction of sp³-hybridized carbons (Fsp3) is 0.444. The molecule has 0 unspecified atom stereocenters. The third-order valence-electron chi connectivity index (χ3n) is 3.62. The molecule has 0 atom stereocenters. The molecular weight excluding hydrogens is 286 g/mol. The molecule has 0 aliphatic rings. The van der Waals surface area contributed by atoms with E-state index < -0.39 is 0 Å². The molecule has 0 saturated carbocycles. The highest BCUT2D eigenvalue weighted by Crippen LogP contribution is 2.21. The third kappa shape index (κ3) is 4.84. The van der Waals surface area contributed by atoms with Gasteiger partial charge in [-0.2, -0.15) is 0 Å². The minimum absolute atomic E-state index is 0.824. The van der Waals surface area contributed by atoms with E-state index in [1.54, 1.807) is 6.33 Å². The van der Waals surface area contributed by atoms with Gasteiger partial charge in [0.1, 0.15) is 18.0 Å². The summed E-state index contributed by atoms with van der Waals surface area (Å²) in [6.45, 7) is 6.41. The van der Waals surface area contributed by atoms with Crippen LogP contribution in [-0.2, 0) is 0 Å². The number of rotatable bonds is 8. The number of anilines is 4. The lowest BCUT2D eigenvalue weighted by atomic mass is 10.2. The van der Waals surface area contributed by atoms with E-state index in [4.69, 9.17) is 0 Å². The van der Waals surface area contributed by atoms with Crippen LogP contribution in [0.5, 0.6) is 0 Å². The lowest BCUT2D eigenvalue weighted by Gasteiger charge is -2.22. The lowest BCUT2D eigenvalue weighted by molar-refractivity contribution is 0.733. The zero-order chi connectivity index (χ0) is 16.7. The summed E-state index contributed by atoms with van der Waals surface area (Å²) in [6.07, 6.45) is 3.85. The maximum absolute atomic E-state index is 4.42. The summed E-state index contributed by atoms with van der Waals surface area (Å²) >= 11 is 0. The van der Waals surface area contributed by atoms with Crippen LogP contribution in [0.2, 0.25) is 0 Å². The maximum atomic E-state index is 4.42. The van der Waals surface area contributed by atoms with E-state index in [2.05, 4.69) is 63.2 Å². The Kier molecular flexibility index (Phi) is 6.20. The molecule has 0 fully saturated rings. The molecule has 5 nitrogen and oxygen atoms in total. The van der Waals surface area contributed by atoms with Gasteiger partial charge in [0.2, 0.25) is 0 Å². The quantitative estimate of drug-likeness (QED) is 0.800. The van der Waals surface area contributed by atoms with E-state index in [9.17, 15) is 0 Å². The topological polar surface area (TPSA) is 44.3 Å². The fourth-order valence-corrected chi connectivity index (χ4v) is 2.46. The largest absolute Gasteiger partial charge is 0.378 e. The fourth-order valence-electron chi connectivity index (χ4n) is 2.46. The second-order valence-electron chi connectivity index (χ2n) is 5.81. The van der Waals surface area contributed by atoms with Crippen molar-refractivity contribution in [3.8, 4) is 0 Å². The molecule has 1 aromatic carbocycles. The summed E-state index contributed by atoms with van der Waals surface area (Å²) in [5, 5.41) is 3.35. The Morgan fingerprint density at radius 2 is 1.61 bits per heavy atom. The van der Waals surface area contributed by atoms with Gasteiger partial charge in [0, 0.05) is 44.6 Å². The van der Waals surface area contributed by atoms with Crippen LogP contribution in [0.3, 0.4) is 0 Å². The number of nitrogens with zero attached hydrogens (tertiary/aromatic N) is 4. The Morgan fingerprint density at radius 3 is 2.17 bits per heavy atom. The van der Waals surface area contributed by atoms with Gasteiger partial charge in [-0.3, -0.25) is 0 Å². The van der Waals surface area contributed by atoms with Gasteiger partial charge in [0.25, 0.3) is 0 Å². The van der Waals surface area contributed by atoms with Gasteiger partial charge in [-0.25, -0.2) is 9.97 Å². The second-order valence-corrected chi connectivity index (χ2v) is 5.81. The monoisotopic (exact) mass is 313 g/mol. The standard InChI is InChI=1S/C18H27N5/c1-5-11-23(12-6-2)18-13-17(19-14-20-18)21-15-7-9-16(10-8-15)22(3)4/h7-10,13-14H,5-6,11-12H2,1-4H3,(H,19,20,21). The molecule has 0 radical (unpaired) electrons. The highest BCUT2D eigenvalue weighted by atomic mass is 15.2. The zero-order valence-corrected chi connectivity index (χ0v) is 14.6. The molecule has 124 valence electrons. The highest BCUT2D eigenvalue weighted by molar-refractivity contribution is 5.62. The van der Waals surface area contributed by atoms with Crippen LogP contribution >= 0.6 is 0 Å². The minimum atomic E-state index is 0.824. The number of nitrogens with one attached hydrogen (secondary N) is 1. The van der Waals surface area contributed by atoms with Gasteiger partial charge in [-0.15, -0.1) is 0 Å². The summed E-state index contributed by atoms with van der Waals surface area (Å²) in [5.41, 5.74) is 2.20. The molecule has 0 amide bonds. The average molecular weight is 313 g/mol. The van der Waals surface area contributed by atoms with Crippen LogP contribution in [0.1, 0.15) is 26.7 Å². The van der Waals surface area contributed by atoms with E-state index in [0.717, 1.165) is 43.3 Å². The summed E-state index contributed by atoms with van der Waals surface area (Å²) in [5.74, 6) is 1.81. The van der Waals surface area contributed by atoms with Crippen molar-refractivity contribution < 1.29 is 0 Å². The van der Waals surface area contributed by atoms with Crippen LogP contribution in [0.25, 0.3) is 0 Å². The highest BCUT2D eigenvalue weighted by Gasteiger charge is 2.07. The number of hydrogen-bond donors (Lipinski definition) is 1. The van der Waals surface area contributed by atoms with Gasteiger partial charge >= 0.3 is 0 Å². The van der Waals surface area contributed by atoms with Gasteiger partial charge in [-0.05, 0) is 37.1 Å². The molecule has 2 rings (SSSR count). The van der Waals surface area contributed by atoms with Crippen molar-refractivity contribution in [1.29, 1.82) is 0 Å². The van der Waals surface area contributed by atoms with Gasteiger partial charge < -0.3 is 15.1 Å². The molecule has 5 heteroatoms. The molecule has 1 N–H and O–H groups in total. The molecule has 0 aliphatic heterocycles. The molecule has 1 aromatic heterocycles. The van der Waals surface area contributed by atoms with Gasteiger partial charge in [0.05, 0.1) is 0 Å². The molecule has 0 saturated heterocycles. The van der Waals surface area contributed by atoms with Crippen molar-refractivity contribution in [2.24, 2.45) is 0 Å². The number of aromatic nitrogens is 2. The van der Waals surface area contributed by atoms with Crippen molar-refractivity contribution in [3.63, 3.8) is 0 Å². The average Bonchev–Trinajstić information content (AvgIpc) is 2.55. The van der Waals surface area contributed by atoms with Crippen LogP contribution in [0.4, 0.5) is 23.0 Å². The van der Waals surface area contributed by atoms with Crippen molar-refractivity contribution in [2.75, 3.05) is 42.3 Å². The number of benzene rings is 1. The van der Waals surface area contributed by atoms with E-state index in [1.807, 2.05) is 20.2 Å². The molecule has 0 spiro atoms. The second kappa shape index (κ2) is 8.36. The van der Waals surface area contributed by atoms with Crippen LogP contribution in [0.15, 0.2) is 36.7 Å². The third-order valence-corrected chi connectivity index (χ3v) is 3.62. The molecule has 0 aliphatic carbocycles. The minimum Gasteiger partial charge on any atom is -0.378 e. The summed E-state index contributed by atoms with van der Waals surface area (Å²) in [7, 11) is 4.07. The van der Waals surface area contributed by atoms with E-state index in [1.165, 1.54) is 5.69 Å². The Hall–Kier alpha value is -2.30. The zero-order valence-electron chi connectivity index (χ0n) is 14.6. The van der Waals surface area contributed by atoms with Crippen LogP contribution < -0.4 is 15.1 Å². The van der Waals surface area contributed by atoms with Crippen LogP contribution in [0, 0.1) is 0 Å². The SMILES string of the molecule is CCCN(CCC)c1cc(Nc2ccc(N(C)C)cc2)ncn1. The lowest BCUT2D eigenvalue weighted by Crippen LogP contribution is -2.25. The molecular formula is C18H27N5. The Morgan fingerprint density at radius 1 is 0.957 bits per heavy atom. The predicted molar refractivity (Wildman–Crippen MR) is 98.9 cm³/mol. The van der Waals surface area contributed by atoms with Crippen molar-refractivity contribution in [3.05, 3.63) is 36.7 Å². The molecule has 0 bridgehead atoms. The summed E-state index contributed by atoms with van der Waals surface area (Å²) < 4.78 is 0. The molecule has 23 heavy (non-hydrogen) atoms.